The highest BCUT2D eigenvalue weighted by atomic mass is 15.1. The Morgan fingerprint density at radius 3 is 2.48 bits per heavy atom. The monoisotopic (exact) mass is 291 g/mol. The molecule has 1 aromatic heterocycles. The molecule has 2 heterocycles. The Labute approximate surface area is 128 Å². The molecule has 1 saturated heterocycles. The van der Waals surface area contributed by atoms with Gasteiger partial charge in [0.1, 0.15) is 17.5 Å². The van der Waals surface area contributed by atoms with E-state index < -0.39 is 0 Å². The van der Waals surface area contributed by atoms with Gasteiger partial charge >= 0.3 is 0 Å². The van der Waals surface area contributed by atoms with Crippen molar-refractivity contribution >= 4 is 11.6 Å². The predicted octanol–water partition coefficient (Wildman–Crippen LogP) is 2.56. The van der Waals surface area contributed by atoms with Crippen molar-refractivity contribution < 1.29 is 0 Å². The van der Waals surface area contributed by atoms with Crippen molar-refractivity contribution in [2.24, 2.45) is 0 Å². The third kappa shape index (κ3) is 4.30. The standard InChI is InChI=1S/C16H29N5/c1-12-13(17)19-15(16(2,3)4)20-14(12)18-8-7-11-21-9-5-6-10-21/h5-11H2,1-4H3,(H3,17,18,19,20). The van der Waals surface area contributed by atoms with Gasteiger partial charge in [0, 0.05) is 17.5 Å². The molecule has 0 aromatic carbocycles. The molecule has 1 aliphatic rings. The Hall–Kier alpha value is -1.36. The minimum absolute atomic E-state index is 0.0895. The van der Waals surface area contributed by atoms with Crippen LogP contribution < -0.4 is 11.1 Å². The van der Waals surface area contributed by atoms with Gasteiger partial charge in [-0.15, -0.1) is 0 Å². The average molecular weight is 291 g/mol. The molecule has 0 atom stereocenters. The molecule has 0 radical (unpaired) electrons. The fourth-order valence-corrected chi connectivity index (χ4v) is 2.56. The van der Waals surface area contributed by atoms with Gasteiger partial charge in [0.05, 0.1) is 0 Å². The van der Waals surface area contributed by atoms with Crippen LogP contribution in [0.1, 0.15) is 51.4 Å². The zero-order valence-corrected chi connectivity index (χ0v) is 13.9. The van der Waals surface area contributed by atoms with E-state index in [2.05, 4.69) is 41.0 Å². The van der Waals surface area contributed by atoms with Gasteiger partial charge in [0.15, 0.2) is 0 Å². The highest BCUT2D eigenvalue weighted by molar-refractivity contribution is 5.55. The molecule has 0 aliphatic carbocycles. The van der Waals surface area contributed by atoms with Crippen molar-refractivity contribution in [3.63, 3.8) is 0 Å². The Morgan fingerprint density at radius 1 is 1.19 bits per heavy atom. The van der Waals surface area contributed by atoms with Crippen LogP contribution in [0.25, 0.3) is 0 Å². The number of hydrogen-bond donors (Lipinski definition) is 2. The van der Waals surface area contributed by atoms with Crippen LogP contribution in [0.5, 0.6) is 0 Å². The van der Waals surface area contributed by atoms with Gasteiger partial charge in [0.2, 0.25) is 0 Å². The second-order valence-corrected chi connectivity index (χ2v) is 6.99. The highest BCUT2D eigenvalue weighted by Crippen LogP contribution is 2.24. The van der Waals surface area contributed by atoms with Gasteiger partial charge in [0.25, 0.3) is 0 Å². The second-order valence-electron chi connectivity index (χ2n) is 6.99. The summed E-state index contributed by atoms with van der Waals surface area (Å²) in [5.74, 6) is 2.26. The fourth-order valence-electron chi connectivity index (χ4n) is 2.56. The number of aromatic nitrogens is 2. The number of nitrogen functional groups attached to an aromatic ring is 1. The van der Waals surface area contributed by atoms with Gasteiger partial charge in [-0.1, -0.05) is 20.8 Å². The Bertz CT molecular complexity index is 472. The summed E-state index contributed by atoms with van der Waals surface area (Å²) < 4.78 is 0. The van der Waals surface area contributed by atoms with Crippen molar-refractivity contribution in [2.75, 3.05) is 37.2 Å². The number of nitrogens with one attached hydrogen (secondary N) is 1. The lowest BCUT2D eigenvalue weighted by Crippen LogP contribution is -2.23. The van der Waals surface area contributed by atoms with E-state index in [1.807, 2.05) is 6.92 Å². The molecule has 1 aliphatic heterocycles. The first kappa shape index (κ1) is 16.0. The van der Waals surface area contributed by atoms with Crippen LogP contribution in [0.2, 0.25) is 0 Å². The van der Waals surface area contributed by atoms with Crippen molar-refractivity contribution in [1.82, 2.24) is 14.9 Å². The maximum absolute atomic E-state index is 6.02. The number of nitrogens with zero attached hydrogens (tertiary/aromatic N) is 3. The smallest absolute Gasteiger partial charge is 0.138 e. The zero-order valence-electron chi connectivity index (χ0n) is 13.9. The van der Waals surface area contributed by atoms with E-state index in [0.29, 0.717) is 5.82 Å². The van der Waals surface area contributed by atoms with Gasteiger partial charge < -0.3 is 16.0 Å². The van der Waals surface area contributed by atoms with E-state index in [0.717, 1.165) is 30.2 Å². The molecule has 0 unspecified atom stereocenters. The topological polar surface area (TPSA) is 67.1 Å². The molecular weight excluding hydrogens is 262 g/mol. The number of anilines is 2. The van der Waals surface area contributed by atoms with E-state index in [4.69, 9.17) is 5.73 Å². The summed E-state index contributed by atoms with van der Waals surface area (Å²) in [5, 5.41) is 3.43. The molecule has 0 spiro atoms. The van der Waals surface area contributed by atoms with Crippen LogP contribution in [0, 0.1) is 6.92 Å². The summed E-state index contributed by atoms with van der Waals surface area (Å²) in [6.07, 6.45) is 3.84. The predicted molar refractivity (Wildman–Crippen MR) is 88.7 cm³/mol. The van der Waals surface area contributed by atoms with Crippen molar-refractivity contribution in [3.8, 4) is 0 Å². The van der Waals surface area contributed by atoms with Gasteiger partial charge in [-0.25, -0.2) is 9.97 Å². The van der Waals surface area contributed by atoms with Crippen LogP contribution in [0.15, 0.2) is 0 Å². The van der Waals surface area contributed by atoms with Gasteiger partial charge in [-0.05, 0) is 45.8 Å². The number of likely N-dealkylation sites (tertiary alicyclic amines) is 1. The number of hydrogen-bond acceptors (Lipinski definition) is 5. The van der Waals surface area contributed by atoms with Crippen LogP contribution >= 0.6 is 0 Å². The van der Waals surface area contributed by atoms with E-state index in [-0.39, 0.29) is 5.41 Å². The van der Waals surface area contributed by atoms with E-state index in [1.54, 1.807) is 0 Å². The van der Waals surface area contributed by atoms with Gasteiger partial charge in [-0.3, -0.25) is 0 Å². The largest absolute Gasteiger partial charge is 0.383 e. The quantitative estimate of drug-likeness (QED) is 0.816. The summed E-state index contributed by atoms with van der Waals surface area (Å²) in [6, 6.07) is 0. The molecule has 21 heavy (non-hydrogen) atoms. The molecule has 0 saturated carbocycles. The van der Waals surface area contributed by atoms with Crippen LogP contribution in [0.4, 0.5) is 11.6 Å². The normalized spacial score (nSPS) is 16.4. The SMILES string of the molecule is Cc1c(N)nc(C(C)(C)C)nc1NCCCN1CCCC1. The third-order valence-corrected chi connectivity index (χ3v) is 4.00. The van der Waals surface area contributed by atoms with Gasteiger partial charge in [-0.2, -0.15) is 0 Å². The lowest BCUT2D eigenvalue weighted by molar-refractivity contribution is 0.337. The van der Waals surface area contributed by atoms with Crippen LogP contribution in [0.3, 0.4) is 0 Å². The maximum atomic E-state index is 6.02. The molecule has 1 aromatic rings. The third-order valence-electron chi connectivity index (χ3n) is 4.00. The molecule has 5 heteroatoms. The van der Waals surface area contributed by atoms with E-state index >= 15 is 0 Å². The molecule has 118 valence electrons. The lowest BCUT2D eigenvalue weighted by atomic mass is 9.95. The molecule has 3 N–H and O–H groups in total. The molecule has 0 amide bonds. The first-order valence-corrected chi connectivity index (χ1v) is 7.99. The summed E-state index contributed by atoms with van der Waals surface area (Å²) >= 11 is 0. The summed E-state index contributed by atoms with van der Waals surface area (Å²) in [5.41, 5.74) is 6.88. The van der Waals surface area contributed by atoms with Crippen LogP contribution in [-0.2, 0) is 5.41 Å². The average Bonchev–Trinajstić information content (AvgIpc) is 2.91. The summed E-state index contributed by atoms with van der Waals surface area (Å²) in [4.78, 5) is 11.6. The molecule has 1 fully saturated rings. The van der Waals surface area contributed by atoms with Crippen molar-refractivity contribution in [2.45, 2.75) is 52.4 Å². The zero-order chi connectivity index (χ0) is 15.5. The summed E-state index contributed by atoms with van der Waals surface area (Å²) in [7, 11) is 0. The van der Waals surface area contributed by atoms with Crippen LogP contribution in [-0.4, -0.2) is 41.0 Å². The Morgan fingerprint density at radius 2 is 1.86 bits per heavy atom. The Balaban J connectivity index is 1.93. The lowest BCUT2D eigenvalue weighted by Gasteiger charge is -2.20. The molecule has 5 nitrogen and oxygen atoms in total. The van der Waals surface area contributed by atoms with Crippen molar-refractivity contribution in [1.29, 1.82) is 0 Å². The number of nitrogens with two attached hydrogens (primary N) is 1. The van der Waals surface area contributed by atoms with Crippen molar-refractivity contribution in [3.05, 3.63) is 11.4 Å². The first-order chi connectivity index (χ1) is 9.88. The minimum atomic E-state index is -0.0895. The van der Waals surface area contributed by atoms with E-state index in [1.165, 1.54) is 32.5 Å². The molecule has 2 rings (SSSR count). The molecular formula is C16H29N5. The van der Waals surface area contributed by atoms with E-state index in [9.17, 15) is 0 Å². The minimum Gasteiger partial charge on any atom is -0.383 e. The fraction of sp³-hybridized carbons (Fsp3) is 0.750. The molecule has 0 bridgehead atoms. The Kier molecular flexibility index (Phi) is 5.04. The highest BCUT2D eigenvalue weighted by Gasteiger charge is 2.20. The maximum Gasteiger partial charge on any atom is 0.138 e. The second kappa shape index (κ2) is 6.60. The number of rotatable bonds is 5. The first-order valence-electron chi connectivity index (χ1n) is 7.99. The summed E-state index contributed by atoms with van der Waals surface area (Å²) in [6.45, 7) is 12.9.